The maximum absolute atomic E-state index is 13.5. The lowest BCUT2D eigenvalue weighted by Gasteiger charge is -2.12. The molecule has 0 saturated heterocycles. The summed E-state index contributed by atoms with van der Waals surface area (Å²) in [5, 5.41) is 3.87. The van der Waals surface area contributed by atoms with Crippen molar-refractivity contribution in [2.45, 2.75) is 0 Å². The molecule has 120 valence electrons. The van der Waals surface area contributed by atoms with Gasteiger partial charge in [0, 0.05) is 17.1 Å². The molecule has 0 aliphatic carbocycles. The predicted octanol–water partition coefficient (Wildman–Crippen LogP) is 3.51. The Balaban J connectivity index is 2.08. The fourth-order valence-corrected chi connectivity index (χ4v) is 2.33. The van der Waals surface area contributed by atoms with Gasteiger partial charge < -0.3 is 14.8 Å². The van der Waals surface area contributed by atoms with E-state index in [1.165, 1.54) is 12.4 Å². The fraction of sp³-hybridized carbons (Fsp3) is 0.111. The van der Waals surface area contributed by atoms with Crippen LogP contribution in [0.15, 0.2) is 36.7 Å². The van der Waals surface area contributed by atoms with Crippen LogP contribution >= 0.6 is 0 Å². The van der Waals surface area contributed by atoms with Crippen LogP contribution in [0.25, 0.3) is 10.9 Å². The highest BCUT2D eigenvalue weighted by atomic mass is 19.1. The fourth-order valence-electron chi connectivity index (χ4n) is 2.33. The number of benzene rings is 2. The van der Waals surface area contributed by atoms with Crippen molar-refractivity contribution in [2.75, 3.05) is 19.5 Å². The molecule has 0 spiro atoms. The van der Waals surface area contributed by atoms with Crippen LogP contribution in [0.2, 0.25) is 0 Å². The van der Waals surface area contributed by atoms with Crippen molar-refractivity contribution in [1.29, 1.82) is 0 Å². The van der Waals surface area contributed by atoms with Crippen molar-refractivity contribution in [2.24, 2.45) is 0 Å². The zero-order valence-corrected chi connectivity index (χ0v) is 13.1. The summed E-state index contributed by atoms with van der Waals surface area (Å²) in [5.74, 6) is 3.55. The maximum atomic E-state index is 13.5. The molecule has 0 atom stereocenters. The second kappa shape index (κ2) is 6.42. The van der Waals surface area contributed by atoms with E-state index >= 15 is 0 Å². The number of ether oxygens (including phenoxy) is 2. The molecule has 24 heavy (non-hydrogen) atoms. The molecule has 0 aliphatic heterocycles. The van der Waals surface area contributed by atoms with Gasteiger partial charge >= 0.3 is 0 Å². The molecule has 3 rings (SSSR count). The minimum atomic E-state index is -0.443. The minimum Gasteiger partial charge on any atom is -0.493 e. The molecule has 0 bridgehead atoms. The third kappa shape index (κ3) is 2.79. The highest BCUT2D eigenvalue weighted by Gasteiger charge is 2.11. The van der Waals surface area contributed by atoms with Gasteiger partial charge in [0.15, 0.2) is 11.5 Å². The third-order valence-corrected chi connectivity index (χ3v) is 3.53. The molecule has 0 unspecified atom stereocenters. The van der Waals surface area contributed by atoms with E-state index in [9.17, 15) is 4.39 Å². The number of nitrogens with one attached hydrogen (secondary N) is 1. The van der Waals surface area contributed by atoms with Crippen LogP contribution in [0.4, 0.5) is 15.9 Å². The van der Waals surface area contributed by atoms with Gasteiger partial charge in [0.25, 0.3) is 0 Å². The summed E-state index contributed by atoms with van der Waals surface area (Å²) >= 11 is 0. The molecule has 5 nitrogen and oxygen atoms in total. The van der Waals surface area contributed by atoms with E-state index in [1.807, 2.05) is 0 Å². The van der Waals surface area contributed by atoms with Crippen LogP contribution in [0.5, 0.6) is 11.5 Å². The zero-order chi connectivity index (χ0) is 17.1. The van der Waals surface area contributed by atoms with Crippen molar-refractivity contribution < 1.29 is 13.9 Å². The molecule has 0 fully saturated rings. The van der Waals surface area contributed by atoms with E-state index in [0.29, 0.717) is 28.5 Å². The molecule has 0 radical (unpaired) electrons. The van der Waals surface area contributed by atoms with Gasteiger partial charge in [-0.15, -0.1) is 6.42 Å². The summed E-state index contributed by atoms with van der Waals surface area (Å²) in [4.78, 5) is 8.48. The standard InChI is InChI=1S/C18H14FN3O2/c1-4-11-7-12(5-6-14(11)19)22-18-13-8-16(23-2)17(24-3)9-15(13)20-10-21-18/h1,5-10H,2-3H3,(H,20,21,22). The van der Waals surface area contributed by atoms with Crippen LogP contribution in [-0.2, 0) is 0 Å². The van der Waals surface area contributed by atoms with Gasteiger partial charge in [0.2, 0.25) is 0 Å². The Bertz CT molecular complexity index is 951. The first kappa shape index (κ1) is 15.6. The largest absolute Gasteiger partial charge is 0.493 e. The molecule has 1 aromatic heterocycles. The average molecular weight is 323 g/mol. The summed E-state index contributed by atoms with van der Waals surface area (Å²) in [6.07, 6.45) is 6.73. The van der Waals surface area contributed by atoms with Gasteiger partial charge in [0.05, 0.1) is 25.3 Å². The SMILES string of the molecule is C#Cc1cc(Nc2ncnc3cc(OC)c(OC)cc23)ccc1F. The number of rotatable bonds is 4. The van der Waals surface area contributed by atoms with Gasteiger partial charge in [-0.1, -0.05) is 5.92 Å². The first-order valence-corrected chi connectivity index (χ1v) is 7.06. The molecule has 2 aromatic carbocycles. The number of terminal acetylenes is 1. The number of hydrogen-bond donors (Lipinski definition) is 1. The molecular weight excluding hydrogens is 309 g/mol. The first-order valence-electron chi connectivity index (χ1n) is 7.06. The van der Waals surface area contributed by atoms with Crippen LogP contribution in [0.1, 0.15) is 5.56 Å². The number of halogens is 1. The molecule has 0 amide bonds. The van der Waals surface area contributed by atoms with E-state index in [1.54, 1.807) is 38.5 Å². The van der Waals surface area contributed by atoms with Gasteiger partial charge in [0.1, 0.15) is 18.0 Å². The molecular formula is C18H14FN3O2. The lowest BCUT2D eigenvalue weighted by Crippen LogP contribution is -1.98. The normalized spacial score (nSPS) is 10.2. The summed E-state index contributed by atoms with van der Waals surface area (Å²) < 4.78 is 24.1. The molecule has 6 heteroatoms. The van der Waals surface area contributed by atoms with Gasteiger partial charge in [-0.25, -0.2) is 14.4 Å². The van der Waals surface area contributed by atoms with Crippen molar-refractivity contribution in [1.82, 2.24) is 9.97 Å². The highest BCUT2D eigenvalue weighted by Crippen LogP contribution is 2.34. The predicted molar refractivity (Wildman–Crippen MR) is 90.3 cm³/mol. The van der Waals surface area contributed by atoms with Crippen LogP contribution in [-0.4, -0.2) is 24.2 Å². The van der Waals surface area contributed by atoms with Gasteiger partial charge in [-0.2, -0.15) is 0 Å². The number of methoxy groups -OCH3 is 2. The smallest absolute Gasteiger partial charge is 0.162 e. The Morgan fingerprint density at radius 3 is 2.54 bits per heavy atom. The molecule has 0 aliphatic rings. The molecule has 1 heterocycles. The van der Waals surface area contributed by atoms with E-state index in [4.69, 9.17) is 15.9 Å². The van der Waals surface area contributed by atoms with E-state index in [-0.39, 0.29) is 5.56 Å². The Labute approximate surface area is 138 Å². The van der Waals surface area contributed by atoms with E-state index < -0.39 is 5.82 Å². The summed E-state index contributed by atoms with van der Waals surface area (Å²) in [5.41, 5.74) is 1.49. The minimum absolute atomic E-state index is 0.178. The van der Waals surface area contributed by atoms with Crippen molar-refractivity contribution in [3.8, 4) is 23.8 Å². The van der Waals surface area contributed by atoms with Crippen LogP contribution in [0.3, 0.4) is 0 Å². The molecule has 0 saturated carbocycles. The molecule has 1 N–H and O–H groups in total. The van der Waals surface area contributed by atoms with Gasteiger partial charge in [-0.05, 0) is 24.3 Å². The first-order chi connectivity index (χ1) is 11.7. The zero-order valence-electron chi connectivity index (χ0n) is 13.1. The third-order valence-electron chi connectivity index (χ3n) is 3.53. The Morgan fingerprint density at radius 1 is 1.08 bits per heavy atom. The number of anilines is 2. The lowest BCUT2D eigenvalue weighted by molar-refractivity contribution is 0.356. The second-order valence-electron chi connectivity index (χ2n) is 4.91. The van der Waals surface area contributed by atoms with E-state index in [0.717, 1.165) is 5.39 Å². The number of aromatic nitrogens is 2. The van der Waals surface area contributed by atoms with Crippen LogP contribution in [0, 0.1) is 18.2 Å². The Morgan fingerprint density at radius 2 is 1.83 bits per heavy atom. The van der Waals surface area contributed by atoms with Crippen molar-refractivity contribution in [3.05, 3.63) is 48.0 Å². The number of nitrogens with zero attached hydrogens (tertiary/aromatic N) is 2. The van der Waals surface area contributed by atoms with Gasteiger partial charge in [-0.3, -0.25) is 0 Å². The second-order valence-corrected chi connectivity index (χ2v) is 4.91. The van der Waals surface area contributed by atoms with Crippen molar-refractivity contribution in [3.63, 3.8) is 0 Å². The Kier molecular flexibility index (Phi) is 4.17. The monoisotopic (exact) mass is 323 g/mol. The summed E-state index contributed by atoms with van der Waals surface area (Å²) in [7, 11) is 3.11. The quantitative estimate of drug-likeness (QED) is 0.745. The van der Waals surface area contributed by atoms with Crippen LogP contribution < -0.4 is 14.8 Å². The van der Waals surface area contributed by atoms with E-state index in [2.05, 4.69) is 21.2 Å². The summed E-state index contributed by atoms with van der Waals surface area (Å²) in [6.45, 7) is 0. The van der Waals surface area contributed by atoms with Crippen molar-refractivity contribution >= 4 is 22.4 Å². The number of fused-ring (bicyclic) bond motifs is 1. The maximum Gasteiger partial charge on any atom is 0.162 e. The highest BCUT2D eigenvalue weighted by molar-refractivity contribution is 5.93. The Hall–Kier alpha value is -3.33. The lowest BCUT2D eigenvalue weighted by atomic mass is 10.1. The average Bonchev–Trinajstić information content (AvgIpc) is 2.62. The topological polar surface area (TPSA) is 56.3 Å². The number of hydrogen-bond acceptors (Lipinski definition) is 5. The summed E-state index contributed by atoms with van der Waals surface area (Å²) in [6, 6.07) is 7.99. The molecule has 3 aromatic rings.